The van der Waals surface area contributed by atoms with E-state index in [9.17, 15) is 9.59 Å². The van der Waals surface area contributed by atoms with E-state index in [1.54, 1.807) is 25.1 Å². The predicted octanol–water partition coefficient (Wildman–Crippen LogP) is 2.23. The molecule has 0 aliphatic carbocycles. The van der Waals surface area contributed by atoms with Crippen LogP contribution >= 0.6 is 23.2 Å². The van der Waals surface area contributed by atoms with E-state index in [4.69, 9.17) is 23.2 Å². The normalized spacial score (nSPS) is 22.3. The van der Waals surface area contributed by atoms with Crippen molar-refractivity contribution in [2.45, 2.75) is 32.4 Å². The van der Waals surface area contributed by atoms with Gasteiger partial charge in [0.25, 0.3) is 5.91 Å². The first kappa shape index (κ1) is 18.0. The predicted molar refractivity (Wildman–Crippen MR) is 92.0 cm³/mol. The van der Waals surface area contributed by atoms with E-state index in [2.05, 4.69) is 22.9 Å². The van der Waals surface area contributed by atoms with Gasteiger partial charge in [-0.15, -0.1) is 0 Å². The second kappa shape index (κ2) is 7.99. The van der Waals surface area contributed by atoms with Crippen LogP contribution in [0.15, 0.2) is 18.2 Å². The molecule has 1 aliphatic rings. The molecule has 3 unspecified atom stereocenters. The minimum absolute atomic E-state index is 0.123. The fourth-order valence-corrected chi connectivity index (χ4v) is 2.94. The summed E-state index contributed by atoms with van der Waals surface area (Å²) in [4.78, 5) is 24.5. The largest absolute Gasteiger partial charge is 0.351 e. The quantitative estimate of drug-likeness (QED) is 0.773. The number of rotatable bonds is 4. The number of halogens is 2. The van der Waals surface area contributed by atoms with Crippen molar-refractivity contribution in [1.82, 2.24) is 16.0 Å². The fraction of sp³-hybridized carbons (Fsp3) is 0.500. The van der Waals surface area contributed by atoms with Crippen LogP contribution in [0, 0.1) is 5.92 Å². The maximum absolute atomic E-state index is 12.3. The number of nitrogens with one attached hydrogen (secondary N) is 3. The Labute approximate surface area is 146 Å². The maximum atomic E-state index is 12.3. The van der Waals surface area contributed by atoms with Gasteiger partial charge in [-0.1, -0.05) is 36.2 Å². The molecule has 0 radical (unpaired) electrons. The third kappa shape index (κ3) is 4.59. The molecule has 1 aliphatic heterocycles. The molecule has 3 N–H and O–H groups in total. The zero-order chi connectivity index (χ0) is 17.0. The number of hydrogen-bond donors (Lipinski definition) is 3. The molecule has 0 spiro atoms. The molecule has 1 aromatic rings. The van der Waals surface area contributed by atoms with Crippen LogP contribution in [-0.2, 0) is 4.79 Å². The van der Waals surface area contributed by atoms with Gasteiger partial charge in [0.1, 0.15) is 6.04 Å². The van der Waals surface area contributed by atoms with Gasteiger partial charge < -0.3 is 16.0 Å². The van der Waals surface area contributed by atoms with Crippen LogP contribution in [0.1, 0.15) is 30.6 Å². The van der Waals surface area contributed by atoms with Crippen molar-refractivity contribution in [3.63, 3.8) is 0 Å². The SMILES string of the molecule is CC(NC(=O)c1cccc(Cl)c1Cl)C(=O)NC1CCNCC1C. The van der Waals surface area contributed by atoms with Crippen molar-refractivity contribution in [3.8, 4) is 0 Å². The molecule has 2 rings (SSSR count). The van der Waals surface area contributed by atoms with E-state index in [1.165, 1.54) is 0 Å². The minimum Gasteiger partial charge on any atom is -0.351 e. The average molecular weight is 358 g/mol. The van der Waals surface area contributed by atoms with Crippen molar-refractivity contribution in [3.05, 3.63) is 33.8 Å². The molecular formula is C16H21Cl2N3O2. The third-order valence-electron chi connectivity index (χ3n) is 4.05. The smallest absolute Gasteiger partial charge is 0.253 e. The van der Waals surface area contributed by atoms with Crippen molar-refractivity contribution < 1.29 is 9.59 Å². The highest BCUT2D eigenvalue weighted by molar-refractivity contribution is 6.43. The van der Waals surface area contributed by atoms with Gasteiger partial charge in [0, 0.05) is 6.04 Å². The summed E-state index contributed by atoms with van der Waals surface area (Å²) in [5.74, 6) is -0.258. The lowest BCUT2D eigenvalue weighted by Gasteiger charge is -2.31. The molecule has 0 bridgehead atoms. The van der Waals surface area contributed by atoms with Crippen molar-refractivity contribution >= 4 is 35.0 Å². The summed E-state index contributed by atoms with van der Waals surface area (Å²) in [5, 5.41) is 9.43. The Kier molecular flexibility index (Phi) is 6.27. The molecule has 1 saturated heterocycles. The molecule has 0 aromatic heterocycles. The Morgan fingerprint density at radius 1 is 1.35 bits per heavy atom. The number of hydrogen-bond acceptors (Lipinski definition) is 3. The lowest BCUT2D eigenvalue weighted by atomic mass is 9.95. The molecule has 23 heavy (non-hydrogen) atoms. The standard InChI is InChI=1S/C16H21Cl2N3O2/c1-9-8-19-7-6-13(9)21-15(22)10(2)20-16(23)11-4-3-5-12(17)14(11)18/h3-5,9-10,13,19H,6-8H2,1-2H3,(H,20,23)(H,21,22). The van der Waals surface area contributed by atoms with E-state index < -0.39 is 11.9 Å². The van der Waals surface area contributed by atoms with E-state index in [0.29, 0.717) is 10.9 Å². The Bertz CT molecular complexity index is 595. The molecule has 1 heterocycles. The highest BCUT2D eigenvalue weighted by atomic mass is 35.5. The highest BCUT2D eigenvalue weighted by Gasteiger charge is 2.25. The maximum Gasteiger partial charge on any atom is 0.253 e. The zero-order valence-corrected chi connectivity index (χ0v) is 14.7. The summed E-state index contributed by atoms with van der Waals surface area (Å²) < 4.78 is 0. The van der Waals surface area contributed by atoms with E-state index >= 15 is 0 Å². The number of benzene rings is 1. The second-order valence-electron chi connectivity index (χ2n) is 5.88. The van der Waals surface area contributed by atoms with Gasteiger partial charge in [-0.3, -0.25) is 9.59 Å². The Morgan fingerprint density at radius 2 is 2.09 bits per heavy atom. The van der Waals surface area contributed by atoms with Crippen LogP contribution in [-0.4, -0.2) is 37.0 Å². The molecular weight excluding hydrogens is 337 g/mol. The van der Waals surface area contributed by atoms with Crippen LogP contribution in [0.2, 0.25) is 10.0 Å². The fourth-order valence-electron chi connectivity index (χ4n) is 2.56. The van der Waals surface area contributed by atoms with Gasteiger partial charge in [-0.2, -0.15) is 0 Å². The summed E-state index contributed by atoms with van der Waals surface area (Å²) >= 11 is 11.9. The molecule has 1 fully saturated rings. The number of carbonyl (C=O) groups excluding carboxylic acids is 2. The van der Waals surface area contributed by atoms with E-state index in [0.717, 1.165) is 19.5 Å². The van der Waals surface area contributed by atoms with Gasteiger partial charge >= 0.3 is 0 Å². The second-order valence-corrected chi connectivity index (χ2v) is 6.67. The van der Waals surface area contributed by atoms with Gasteiger partial charge in [0.05, 0.1) is 15.6 Å². The van der Waals surface area contributed by atoms with Crippen molar-refractivity contribution in [1.29, 1.82) is 0 Å². The first-order valence-electron chi connectivity index (χ1n) is 7.66. The third-order valence-corrected chi connectivity index (χ3v) is 4.87. The van der Waals surface area contributed by atoms with Crippen LogP contribution < -0.4 is 16.0 Å². The first-order chi connectivity index (χ1) is 10.9. The summed E-state index contributed by atoms with van der Waals surface area (Å²) in [6.45, 7) is 5.50. The summed E-state index contributed by atoms with van der Waals surface area (Å²) in [5.41, 5.74) is 0.258. The first-order valence-corrected chi connectivity index (χ1v) is 8.41. The van der Waals surface area contributed by atoms with Crippen LogP contribution in [0.3, 0.4) is 0 Å². The van der Waals surface area contributed by atoms with Crippen LogP contribution in [0.25, 0.3) is 0 Å². The Morgan fingerprint density at radius 3 is 2.78 bits per heavy atom. The summed E-state index contributed by atoms with van der Waals surface area (Å²) in [6.07, 6.45) is 0.883. The molecule has 5 nitrogen and oxygen atoms in total. The van der Waals surface area contributed by atoms with E-state index in [1.807, 2.05) is 0 Å². The summed E-state index contributed by atoms with van der Waals surface area (Å²) in [7, 11) is 0. The minimum atomic E-state index is -0.653. The van der Waals surface area contributed by atoms with Gasteiger partial charge in [0.2, 0.25) is 5.91 Å². The zero-order valence-electron chi connectivity index (χ0n) is 13.2. The van der Waals surface area contributed by atoms with Crippen LogP contribution in [0.4, 0.5) is 0 Å². The molecule has 1 aromatic carbocycles. The van der Waals surface area contributed by atoms with Crippen LogP contribution in [0.5, 0.6) is 0 Å². The number of amides is 2. The Balaban J connectivity index is 1.95. The van der Waals surface area contributed by atoms with Gasteiger partial charge in [0.15, 0.2) is 0 Å². The van der Waals surface area contributed by atoms with Gasteiger partial charge in [-0.05, 0) is 44.5 Å². The topological polar surface area (TPSA) is 70.2 Å². The number of piperidine rings is 1. The molecule has 3 atom stereocenters. The van der Waals surface area contributed by atoms with Crippen molar-refractivity contribution in [2.24, 2.45) is 5.92 Å². The lowest BCUT2D eigenvalue weighted by molar-refractivity contribution is -0.123. The highest BCUT2D eigenvalue weighted by Crippen LogP contribution is 2.25. The Hall–Kier alpha value is -1.30. The van der Waals surface area contributed by atoms with Gasteiger partial charge in [-0.25, -0.2) is 0 Å². The number of carbonyl (C=O) groups is 2. The molecule has 2 amide bonds. The van der Waals surface area contributed by atoms with Crippen molar-refractivity contribution in [2.75, 3.05) is 13.1 Å². The summed E-state index contributed by atoms with van der Waals surface area (Å²) in [6, 6.07) is 4.29. The molecule has 126 valence electrons. The average Bonchev–Trinajstić information content (AvgIpc) is 2.52. The molecule has 0 saturated carbocycles. The lowest BCUT2D eigenvalue weighted by Crippen LogP contribution is -2.53. The monoisotopic (exact) mass is 357 g/mol. The molecule has 7 heteroatoms. The van der Waals surface area contributed by atoms with E-state index in [-0.39, 0.29) is 22.5 Å².